The van der Waals surface area contributed by atoms with Gasteiger partial charge in [-0.25, -0.2) is 19.9 Å². The molecule has 6 heterocycles. The third kappa shape index (κ3) is 6.96. The Labute approximate surface area is 300 Å². The molecule has 0 fully saturated rings. The van der Waals surface area contributed by atoms with Gasteiger partial charge in [0.1, 0.15) is 28.1 Å². The van der Waals surface area contributed by atoms with Crippen LogP contribution in [0.3, 0.4) is 0 Å². The first-order valence-electron chi connectivity index (χ1n) is 15.7. The van der Waals surface area contributed by atoms with Crippen molar-refractivity contribution in [3.63, 3.8) is 0 Å². The van der Waals surface area contributed by atoms with Crippen LogP contribution in [-0.2, 0) is 13.1 Å². The highest BCUT2D eigenvalue weighted by atomic mass is 79.9. The quantitative estimate of drug-likeness (QED) is 0.162. The van der Waals surface area contributed by atoms with E-state index in [-0.39, 0.29) is 0 Å². The SMILES string of the molecule is N#Cc1c(-c2ccccc2)nc(NCc2cccnc2)c2ncc(Br)n12.N#Cc1c(-c2ccccc2)nc(NCc2cccnc2)c2nccn12. The van der Waals surface area contributed by atoms with Crippen molar-refractivity contribution in [3.05, 3.63) is 155 Å². The zero-order valence-corrected chi connectivity index (χ0v) is 28.5. The van der Waals surface area contributed by atoms with Crippen LogP contribution in [0.25, 0.3) is 33.8 Å². The number of hydrogen-bond acceptors (Lipinski definition) is 10. The average Bonchev–Trinajstić information content (AvgIpc) is 3.85. The summed E-state index contributed by atoms with van der Waals surface area (Å²) in [6.07, 6.45) is 12.2. The Bertz CT molecular complexity index is 2500. The number of imidazole rings is 2. The molecule has 0 unspecified atom stereocenters. The van der Waals surface area contributed by atoms with Gasteiger partial charge in [0.05, 0.1) is 6.20 Å². The van der Waals surface area contributed by atoms with E-state index in [2.05, 4.69) is 58.6 Å². The van der Waals surface area contributed by atoms with Crippen LogP contribution in [0.15, 0.2) is 133 Å². The number of nitrogens with one attached hydrogen (secondary N) is 2. The van der Waals surface area contributed by atoms with E-state index in [1.165, 1.54) is 0 Å². The van der Waals surface area contributed by atoms with Crippen molar-refractivity contribution >= 4 is 38.9 Å². The molecular weight excluding hydrogens is 704 g/mol. The van der Waals surface area contributed by atoms with Gasteiger partial charge in [-0.15, -0.1) is 0 Å². The van der Waals surface area contributed by atoms with Crippen LogP contribution in [-0.4, -0.2) is 38.7 Å². The molecule has 0 amide bonds. The molecular formula is C38H27BrN12. The van der Waals surface area contributed by atoms with E-state index in [9.17, 15) is 10.5 Å². The maximum atomic E-state index is 9.73. The average molecular weight is 732 g/mol. The number of fused-ring (bicyclic) bond motifs is 2. The molecule has 0 aliphatic carbocycles. The summed E-state index contributed by atoms with van der Waals surface area (Å²) in [4.78, 5) is 26.4. The summed E-state index contributed by atoms with van der Waals surface area (Å²) < 4.78 is 4.23. The maximum Gasteiger partial charge on any atom is 0.182 e. The van der Waals surface area contributed by atoms with Gasteiger partial charge in [-0.05, 0) is 39.2 Å². The van der Waals surface area contributed by atoms with Gasteiger partial charge in [0.15, 0.2) is 34.3 Å². The molecule has 0 spiro atoms. The fourth-order valence-corrected chi connectivity index (χ4v) is 5.89. The first-order valence-corrected chi connectivity index (χ1v) is 16.5. The topological polar surface area (TPSA) is 158 Å². The van der Waals surface area contributed by atoms with Gasteiger partial charge >= 0.3 is 0 Å². The Balaban J connectivity index is 0.000000159. The fraction of sp³-hybridized carbons (Fsp3) is 0.0526. The molecule has 0 aliphatic rings. The van der Waals surface area contributed by atoms with E-state index in [1.54, 1.807) is 52.2 Å². The van der Waals surface area contributed by atoms with Crippen LogP contribution in [0, 0.1) is 22.7 Å². The van der Waals surface area contributed by atoms with Crippen molar-refractivity contribution in [2.75, 3.05) is 10.6 Å². The molecule has 246 valence electrons. The number of benzene rings is 2. The maximum absolute atomic E-state index is 9.73. The highest BCUT2D eigenvalue weighted by Crippen LogP contribution is 2.29. The van der Waals surface area contributed by atoms with Gasteiger partial charge in [-0.2, -0.15) is 10.5 Å². The van der Waals surface area contributed by atoms with Crippen molar-refractivity contribution in [2.45, 2.75) is 13.1 Å². The van der Waals surface area contributed by atoms with E-state index in [4.69, 9.17) is 9.97 Å². The second-order valence-corrected chi connectivity index (χ2v) is 11.9. The first kappa shape index (κ1) is 32.6. The molecule has 0 saturated heterocycles. The van der Waals surface area contributed by atoms with Crippen LogP contribution in [0.1, 0.15) is 22.5 Å². The molecule has 0 atom stereocenters. The lowest BCUT2D eigenvalue weighted by Gasteiger charge is -2.12. The number of aromatic nitrogens is 8. The Hall–Kier alpha value is -6.96. The molecule has 2 N–H and O–H groups in total. The van der Waals surface area contributed by atoms with Crippen molar-refractivity contribution in [3.8, 4) is 34.7 Å². The van der Waals surface area contributed by atoms with E-state index in [0.29, 0.717) is 63.4 Å². The van der Waals surface area contributed by atoms with Gasteiger partial charge in [-0.3, -0.25) is 18.8 Å². The summed E-state index contributed by atoms with van der Waals surface area (Å²) in [6, 6.07) is 31.6. The minimum absolute atomic E-state index is 0.433. The van der Waals surface area contributed by atoms with E-state index >= 15 is 0 Å². The Morgan fingerprint density at radius 2 is 1.16 bits per heavy atom. The molecule has 8 aromatic rings. The predicted octanol–water partition coefficient (Wildman–Crippen LogP) is 7.31. The normalized spacial score (nSPS) is 10.6. The second-order valence-electron chi connectivity index (χ2n) is 11.1. The molecule has 8 rings (SSSR count). The smallest absolute Gasteiger partial charge is 0.182 e. The lowest BCUT2D eigenvalue weighted by atomic mass is 10.1. The van der Waals surface area contributed by atoms with Crippen molar-refractivity contribution in [1.29, 1.82) is 10.5 Å². The van der Waals surface area contributed by atoms with Crippen molar-refractivity contribution < 1.29 is 0 Å². The summed E-state index contributed by atoms with van der Waals surface area (Å²) in [6.45, 7) is 1.13. The van der Waals surface area contributed by atoms with Crippen LogP contribution in [0.5, 0.6) is 0 Å². The molecule has 0 saturated carbocycles. The number of rotatable bonds is 8. The van der Waals surface area contributed by atoms with Crippen LogP contribution >= 0.6 is 15.9 Å². The number of pyridine rings is 2. The summed E-state index contributed by atoms with van der Waals surface area (Å²) in [5, 5.41) is 26.0. The van der Waals surface area contributed by atoms with E-state index in [1.807, 2.05) is 84.9 Å². The highest BCUT2D eigenvalue weighted by molar-refractivity contribution is 9.10. The molecule has 2 aromatic carbocycles. The highest BCUT2D eigenvalue weighted by Gasteiger charge is 2.19. The Morgan fingerprint density at radius 3 is 1.69 bits per heavy atom. The number of anilines is 2. The molecule has 0 bridgehead atoms. The first-order chi connectivity index (χ1) is 25.1. The van der Waals surface area contributed by atoms with Gasteiger partial charge in [0.2, 0.25) is 0 Å². The van der Waals surface area contributed by atoms with Gasteiger partial charge in [0.25, 0.3) is 0 Å². The Kier molecular flexibility index (Phi) is 9.63. The molecule has 51 heavy (non-hydrogen) atoms. The van der Waals surface area contributed by atoms with Crippen LogP contribution < -0.4 is 10.6 Å². The molecule has 0 radical (unpaired) electrons. The van der Waals surface area contributed by atoms with Gasteiger partial charge < -0.3 is 10.6 Å². The van der Waals surface area contributed by atoms with E-state index < -0.39 is 0 Å². The summed E-state index contributed by atoms with van der Waals surface area (Å²) in [5.74, 6) is 1.24. The van der Waals surface area contributed by atoms with Crippen LogP contribution in [0.4, 0.5) is 11.6 Å². The number of hydrogen-bond donors (Lipinski definition) is 2. The largest absolute Gasteiger partial charge is 0.363 e. The van der Waals surface area contributed by atoms with Crippen molar-refractivity contribution in [1.82, 2.24) is 38.7 Å². The lowest BCUT2D eigenvalue weighted by Crippen LogP contribution is -2.08. The number of nitrogens with zero attached hydrogens (tertiary/aromatic N) is 10. The van der Waals surface area contributed by atoms with Crippen LogP contribution in [0.2, 0.25) is 0 Å². The minimum Gasteiger partial charge on any atom is -0.363 e. The predicted molar refractivity (Wildman–Crippen MR) is 197 cm³/mol. The second kappa shape index (κ2) is 15.1. The monoisotopic (exact) mass is 730 g/mol. The Morgan fingerprint density at radius 1 is 0.608 bits per heavy atom. The van der Waals surface area contributed by atoms with Gasteiger partial charge in [-0.1, -0.05) is 72.8 Å². The summed E-state index contributed by atoms with van der Waals surface area (Å²) >= 11 is 3.48. The number of halogens is 1. The lowest BCUT2D eigenvalue weighted by molar-refractivity contribution is 1.04. The third-order valence-corrected chi connectivity index (χ3v) is 8.37. The molecule has 6 aromatic heterocycles. The number of nitriles is 2. The molecule has 0 aliphatic heterocycles. The zero-order chi connectivity index (χ0) is 35.0. The standard InChI is InChI=1S/C19H13BrN6.C19H14N6/c20-16-12-24-19-18(23-11-13-5-4-8-22-10-13)25-17(15(9-21)26(16)19)14-6-2-1-3-7-14;20-11-16-17(15-6-2-1-3-7-15)24-18(19-22-9-10-25(16)19)23-13-14-5-4-8-21-12-14/h1-8,10,12H,11H2,(H,23,25);1-10,12H,13H2,(H,23,24). The van der Waals surface area contributed by atoms with Gasteiger partial charge in [0, 0.05) is 61.4 Å². The summed E-state index contributed by atoms with van der Waals surface area (Å²) in [7, 11) is 0. The molecule has 13 heteroatoms. The minimum atomic E-state index is 0.433. The molecule has 12 nitrogen and oxygen atoms in total. The van der Waals surface area contributed by atoms with E-state index in [0.717, 1.165) is 22.3 Å². The fourth-order valence-electron chi connectivity index (χ4n) is 5.44. The zero-order valence-electron chi connectivity index (χ0n) is 26.9. The summed E-state index contributed by atoms with van der Waals surface area (Å²) in [5.41, 5.74) is 7.18. The van der Waals surface area contributed by atoms with Crippen molar-refractivity contribution in [2.24, 2.45) is 0 Å². The third-order valence-electron chi connectivity index (χ3n) is 7.82.